The van der Waals surface area contributed by atoms with Crippen LogP contribution < -0.4 is 10.1 Å². The van der Waals surface area contributed by atoms with Gasteiger partial charge in [0.05, 0.1) is 20.1 Å². The molecule has 4 heteroatoms. The number of aryl methyl sites for hydroxylation is 1. The van der Waals surface area contributed by atoms with Gasteiger partial charge in [0.25, 0.3) is 0 Å². The molecule has 0 aromatic heterocycles. The molecule has 2 aromatic rings. The summed E-state index contributed by atoms with van der Waals surface area (Å²) in [6.45, 7) is 1.96. The average Bonchev–Trinajstić information content (AvgIpc) is 2.50. The number of hydrogen-bond acceptors (Lipinski definition) is 3. The number of amides is 1. The SMILES string of the molecule is COc1cc(CC(=O)Nc2ccc(CO)cc2)ccc1C. The average molecular weight is 285 g/mol. The molecule has 0 aliphatic rings. The van der Waals surface area contributed by atoms with Crippen molar-refractivity contribution in [1.82, 2.24) is 0 Å². The zero-order valence-electron chi connectivity index (χ0n) is 12.2. The molecule has 2 N–H and O–H groups in total. The predicted octanol–water partition coefficient (Wildman–Crippen LogP) is 2.68. The number of carbonyl (C=O) groups is 1. The summed E-state index contributed by atoms with van der Waals surface area (Å²) in [6.07, 6.45) is 0.290. The monoisotopic (exact) mass is 285 g/mol. The van der Waals surface area contributed by atoms with Gasteiger partial charge in [0.1, 0.15) is 5.75 Å². The second kappa shape index (κ2) is 6.90. The molecule has 0 bridgehead atoms. The number of methoxy groups -OCH3 is 1. The maximum absolute atomic E-state index is 12.0. The van der Waals surface area contributed by atoms with Gasteiger partial charge in [-0.3, -0.25) is 4.79 Å². The molecule has 0 unspecified atom stereocenters. The summed E-state index contributed by atoms with van der Waals surface area (Å²) >= 11 is 0. The summed E-state index contributed by atoms with van der Waals surface area (Å²) in [5, 5.41) is 11.8. The Hall–Kier alpha value is -2.33. The van der Waals surface area contributed by atoms with Gasteiger partial charge in [-0.05, 0) is 41.8 Å². The normalized spacial score (nSPS) is 10.2. The number of aliphatic hydroxyl groups excluding tert-OH is 1. The highest BCUT2D eigenvalue weighted by atomic mass is 16.5. The van der Waals surface area contributed by atoms with Crippen molar-refractivity contribution in [3.05, 3.63) is 59.2 Å². The Labute approximate surface area is 124 Å². The van der Waals surface area contributed by atoms with Crippen LogP contribution >= 0.6 is 0 Å². The van der Waals surface area contributed by atoms with E-state index in [0.717, 1.165) is 28.1 Å². The molecule has 2 aromatic carbocycles. The molecule has 0 atom stereocenters. The van der Waals surface area contributed by atoms with Crippen LogP contribution in [0.15, 0.2) is 42.5 Å². The van der Waals surface area contributed by atoms with Crippen LogP contribution in [0.1, 0.15) is 16.7 Å². The van der Waals surface area contributed by atoms with E-state index in [4.69, 9.17) is 9.84 Å². The lowest BCUT2D eigenvalue weighted by molar-refractivity contribution is -0.115. The number of aliphatic hydroxyl groups is 1. The van der Waals surface area contributed by atoms with E-state index in [1.54, 1.807) is 31.4 Å². The van der Waals surface area contributed by atoms with Gasteiger partial charge in [-0.2, -0.15) is 0 Å². The minimum Gasteiger partial charge on any atom is -0.496 e. The largest absolute Gasteiger partial charge is 0.496 e. The van der Waals surface area contributed by atoms with E-state index in [0.29, 0.717) is 6.42 Å². The smallest absolute Gasteiger partial charge is 0.228 e. The molecular weight excluding hydrogens is 266 g/mol. The van der Waals surface area contributed by atoms with E-state index in [-0.39, 0.29) is 12.5 Å². The first kappa shape index (κ1) is 15.1. The first-order valence-corrected chi connectivity index (χ1v) is 6.75. The Bertz CT molecular complexity index is 620. The third-order valence-electron chi connectivity index (χ3n) is 3.26. The van der Waals surface area contributed by atoms with Crippen molar-refractivity contribution < 1.29 is 14.6 Å². The Morgan fingerprint density at radius 3 is 2.43 bits per heavy atom. The van der Waals surface area contributed by atoms with Gasteiger partial charge in [-0.25, -0.2) is 0 Å². The van der Waals surface area contributed by atoms with Gasteiger partial charge in [-0.1, -0.05) is 24.3 Å². The van der Waals surface area contributed by atoms with Crippen LogP contribution in [0.25, 0.3) is 0 Å². The lowest BCUT2D eigenvalue weighted by Gasteiger charge is -2.09. The first-order valence-electron chi connectivity index (χ1n) is 6.75. The standard InChI is InChI=1S/C17H19NO3/c1-12-3-4-14(9-16(12)21-2)10-17(20)18-15-7-5-13(11-19)6-8-15/h3-9,19H,10-11H2,1-2H3,(H,18,20). The summed E-state index contributed by atoms with van der Waals surface area (Å²) in [5.74, 6) is 0.699. The maximum atomic E-state index is 12.0. The van der Waals surface area contributed by atoms with Crippen LogP contribution in [-0.2, 0) is 17.8 Å². The lowest BCUT2D eigenvalue weighted by Crippen LogP contribution is -2.14. The molecule has 0 radical (unpaired) electrons. The number of anilines is 1. The van der Waals surface area contributed by atoms with Crippen LogP contribution in [0.2, 0.25) is 0 Å². The number of ether oxygens (including phenoxy) is 1. The van der Waals surface area contributed by atoms with Crippen LogP contribution in [0, 0.1) is 6.92 Å². The summed E-state index contributed by atoms with van der Waals surface area (Å²) in [6, 6.07) is 12.9. The number of hydrogen-bond donors (Lipinski definition) is 2. The number of benzene rings is 2. The topological polar surface area (TPSA) is 58.6 Å². The molecule has 0 fully saturated rings. The van der Waals surface area contributed by atoms with E-state index >= 15 is 0 Å². The van der Waals surface area contributed by atoms with Crippen molar-refractivity contribution in [2.24, 2.45) is 0 Å². The minimum atomic E-state index is -0.0855. The summed E-state index contributed by atoms with van der Waals surface area (Å²) in [7, 11) is 1.62. The third kappa shape index (κ3) is 4.07. The molecule has 0 saturated heterocycles. The third-order valence-corrected chi connectivity index (χ3v) is 3.26. The van der Waals surface area contributed by atoms with Gasteiger partial charge < -0.3 is 15.2 Å². The van der Waals surface area contributed by atoms with Gasteiger partial charge in [0, 0.05) is 5.69 Å². The highest BCUT2D eigenvalue weighted by molar-refractivity contribution is 5.92. The highest BCUT2D eigenvalue weighted by Gasteiger charge is 2.06. The fourth-order valence-corrected chi connectivity index (χ4v) is 2.06. The number of rotatable bonds is 5. The van der Waals surface area contributed by atoms with E-state index in [9.17, 15) is 4.79 Å². The van der Waals surface area contributed by atoms with Crippen molar-refractivity contribution in [1.29, 1.82) is 0 Å². The number of nitrogens with one attached hydrogen (secondary N) is 1. The Morgan fingerprint density at radius 1 is 1.14 bits per heavy atom. The molecule has 0 aliphatic carbocycles. The van der Waals surface area contributed by atoms with E-state index < -0.39 is 0 Å². The lowest BCUT2D eigenvalue weighted by atomic mass is 10.1. The zero-order chi connectivity index (χ0) is 15.2. The van der Waals surface area contributed by atoms with Gasteiger partial charge in [-0.15, -0.1) is 0 Å². The van der Waals surface area contributed by atoms with Crippen LogP contribution in [-0.4, -0.2) is 18.1 Å². The van der Waals surface area contributed by atoms with Crippen molar-refractivity contribution in [2.45, 2.75) is 20.0 Å². The molecule has 0 aliphatic heterocycles. The number of carbonyl (C=O) groups excluding carboxylic acids is 1. The van der Waals surface area contributed by atoms with Crippen molar-refractivity contribution in [2.75, 3.05) is 12.4 Å². The van der Waals surface area contributed by atoms with E-state index in [1.807, 2.05) is 25.1 Å². The second-order valence-corrected chi connectivity index (χ2v) is 4.88. The van der Waals surface area contributed by atoms with Crippen LogP contribution in [0.3, 0.4) is 0 Å². The van der Waals surface area contributed by atoms with Crippen LogP contribution in [0.4, 0.5) is 5.69 Å². The Kier molecular flexibility index (Phi) is 4.95. The van der Waals surface area contributed by atoms with Gasteiger partial charge in [0.15, 0.2) is 0 Å². The quantitative estimate of drug-likeness (QED) is 0.888. The first-order chi connectivity index (χ1) is 10.1. The summed E-state index contributed by atoms with van der Waals surface area (Å²) in [4.78, 5) is 12.0. The maximum Gasteiger partial charge on any atom is 0.228 e. The Morgan fingerprint density at radius 2 is 1.81 bits per heavy atom. The second-order valence-electron chi connectivity index (χ2n) is 4.88. The molecule has 0 saturated carbocycles. The molecule has 0 heterocycles. The molecule has 4 nitrogen and oxygen atoms in total. The fraction of sp³-hybridized carbons (Fsp3) is 0.235. The predicted molar refractivity (Wildman–Crippen MR) is 82.4 cm³/mol. The summed E-state index contributed by atoms with van der Waals surface area (Å²) in [5.41, 5.74) is 3.48. The highest BCUT2D eigenvalue weighted by Crippen LogP contribution is 2.19. The molecule has 0 spiro atoms. The van der Waals surface area contributed by atoms with Crippen molar-refractivity contribution in [3.63, 3.8) is 0 Å². The van der Waals surface area contributed by atoms with E-state index in [2.05, 4.69) is 5.32 Å². The van der Waals surface area contributed by atoms with Gasteiger partial charge in [0.2, 0.25) is 5.91 Å². The Balaban J connectivity index is 2.00. The summed E-state index contributed by atoms with van der Waals surface area (Å²) < 4.78 is 5.26. The van der Waals surface area contributed by atoms with Crippen molar-refractivity contribution >= 4 is 11.6 Å². The molecule has 21 heavy (non-hydrogen) atoms. The van der Waals surface area contributed by atoms with Crippen LogP contribution in [0.5, 0.6) is 5.75 Å². The molecule has 1 amide bonds. The zero-order valence-corrected chi connectivity index (χ0v) is 12.2. The minimum absolute atomic E-state index is 0.00259. The van der Waals surface area contributed by atoms with Crippen molar-refractivity contribution in [3.8, 4) is 5.75 Å². The molecular formula is C17H19NO3. The fourth-order valence-electron chi connectivity index (χ4n) is 2.06. The van der Waals surface area contributed by atoms with E-state index in [1.165, 1.54) is 0 Å². The molecule has 2 rings (SSSR count). The molecule has 110 valence electrons. The van der Waals surface area contributed by atoms with Gasteiger partial charge >= 0.3 is 0 Å².